The third-order valence-electron chi connectivity index (χ3n) is 8.34. The maximum absolute atomic E-state index is 13.3. The number of fused-ring (bicyclic) bond motifs is 2. The first-order valence-electron chi connectivity index (χ1n) is 14.5. The Hall–Kier alpha value is -4.29. The number of anilines is 1. The van der Waals surface area contributed by atoms with E-state index >= 15 is 0 Å². The van der Waals surface area contributed by atoms with E-state index in [9.17, 15) is 32.7 Å². The number of rotatable bonds is 6. The van der Waals surface area contributed by atoms with Crippen LogP contribution in [0.1, 0.15) is 51.1 Å². The summed E-state index contributed by atoms with van der Waals surface area (Å²) >= 11 is 0. The zero-order chi connectivity index (χ0) is 31.2. The predicted molar refractivity (Wildman–Crippen MR) is 156 cm³/mol. The molecule has 2 amide bonds. The van der Waals surface area contributed by atoms with E-state index in [0.29, 0.717) is 40.2 Å². The number of carbonyl (C=O) groups excluding carboxylic acids is 3. The summed E-state index contributed by atoms with van der Waals surface area (Å²) in [6, 6.07) is 7.66. The Morgan fingerprint density at radius 2 is 1.82 bits per heavy atom. The van der Waals surface area contributed by atoms with Gasteiger partial charge in [-0.05, 0) is 75.0 Å². The second kappa shape index (κ2) is 11.7. The molecule has 2 aromatic rings. The van der Waals surface area contributed by atoms with Gasteiger partial charge in [0.05, 0.1) is 34.5 Å². The number of imide groups is 1. The first-order chi connectivity index (χ1) is 21.0. The minimum atomic E-state index is -4.51. The molecule has 0 bridgehead atoms. The van der Waals surface area contributed by atoms with E-state index in [0.717, 1.165) is 43.6 Å². The molecule has 4 aliphatic rings. The lowest BCUT2D eigenvalue weighted by molar-refractivity contribution is -0.137. The van der Waals surface area contributed by atoms with Gasteiger partial charge in [-0.15, -0.1) is 0 Å². The van der Waals surface area contributed by atoms with Crippen LogP contribution in [0.15, 0.2) is 64.8 Å². The lowest BCUT2D eigenvalue weighted by atomic mass is 9.94. The summed E-state index contributed by atoms with van der Waals surface area (Å²) in [5.41, 5.74) is 2.57. The summed E-state index contributed by atoms with van der Waals surface area (Å²) in [5, 5.41) is 13.7. The molecule has 12 heteroatoms. The van der Waals surface area contributed by atoms with Gasteiger partial charge in [0.15, 0.2) is 5.78 Å². The zero-order valence-electron chi connectivity index (χ0n) is 24.0. The number of ether oxygens (including phenoxy) is 1. The highest BCUT2D eigenvalue weighted by Crippen LogP contribution is 2.38. The summed E-state index contributed by atoms with van der Waals surface area (Å²) in [5.74, 6) is -0.799. The summed E-state index contributed by atoms with van der Waals surface area (Å²) in [6.45, 7) is 1.19. The minimum Gasteiger partial charge on any atom is -0.491 e. The van der Waals surface area contributed by atoms with Gasteiger partial charge < -0.3 is 20.1 Å². The van der Waals surface area contributed by atoms with Crippen LogP contribution in [0.3, 0.4) is 0 Å². The van der Waals surface area contributed by atoms with Crippen molar-refractivity contribution in [3.05, 3.63) is 82.1 Å². The van der Waals surface area contributed by atoms with Gasteiger partial charge in [0, 0.05) is 30.3 Å². The van der Waals surface area contributed by atoms with Crippen LogP contribution in [-0.2, 0) is 17.4 Å². The van der Waals surface area contributed by atoms with Crippen LogP contribution >= 0.6 is 0 Å². The van der Waals surface area contributed by atoms with E-state index in [2.05, 4.69) is 15.2 Å². The van der Waals surface area contributed by atoms with Crippen molar-refractivity contribution in [1.29, 1.82) is 0 Å². The van der Waals surface area contributed by atoms with E-state index in [1.807, 2.05) is 7.05 Å². The van der Waals surface area contributed by atoms with Gasteiger partial charge in [-0.2, -0.15) is 13.2 Å². The third-order valence-corrected chi connectivity index (χ3v) is 8.34. The van der Waals surface area contributed by atoms with Crippen LogP contribution in [0, 0.1) is 0 Å². The van der Waals surface area contributed by atoms with Gasteiger partial charge in [0.1, 0.15) is 18.5 Å². The van der Waals surface area contributed by atoms with Gasteiger partial charge in [0.2, 0.25) is 0 Å². The molecule has 1 saturated heterocycles. The van der Waals surface area contributed by atoms with Gasteiger partial charge in [0.25, 0.3) is 11.8 Å². The topological polar surface area (TPSA) is 112 Å². The Labute approximate surface area is 251 Å². The highest BCUT2D eigenvalue weighted by Gasteiger charge is 2.42. The van der Waals surface area contributed by atoms with E-state index in [1.165, 1.54) is 17.0 Å². The number of aliphatic hydroxyl groups is 1. The number of piperidine rings is 1. The molecule has 9 nitrogen and oxygen atoms in total. The quantitative estimate of drug-likeness (QED) is 0.377. The number of likely N-dealkylation sites (tertiary alicyclic amines) is 1. The van der Waals surface area contributed by atoms with Gasteiger partial charge in [-0.25, -0.2) is 0 Å². The number of amides is 2. The number of ketones is 1. The summed E-state index contributed by atoms with van der Waals surface area (Å²) < 4.78 is 44.3. The maximum Gasteiger partial charge on any atom is 0.416 e. The van der Waals surface area contributed by atoms with Crippen molar-refractivity contribution in [2.75, 3.05) is 38.6 Å². The van der Waals surface area contributed by atoms with Crippen molar-refractivity contribution in [3.63, 3.8) is 0 Å². The molecule has 1 aliphatic carbocycles. The second-order valence-electron chi connectivity index (χ2n) is 11.5. The summed E-state index contributed by atoms with van der Waals surface area (Å²) in [6.07, 6.45) is -0.345. The average molecular weight is 609 g/mol. The number of aliphatic hydroxyl groups excluding tert-OH is 1. The minimum absolute atomic E-state index is 0.0340. The molecule has 0 saturated carbocycles. The molecule has 0 radical (unpaired) electrons. The van der Waals surface area contributed by atoms with Crippen LogP contribution in [0.5, 0.6) is 5.75 Å². The molecule has 230 valence electrons. The number of allylic oxidation sites excluding steroid dienone is 4. The number of Topliss-reactive ketones (excluding diaryl/α,β-unsaturated/α-hetero) is 1. The van der Waals surface area contributed by atoms with Crippen molar-refractivity contribution in [2.45, 2.75) is 44.0 Å². The van der Waals surface area contributed by atoms with Crippen LogP contribution < -0.4 is 10.1 Å². The molecule has 3 aliphatic heterocycles. The number of halogens is 3. The van der Waals surface area contributed by atoms with Crippen LogP contribution in [-0.4, -0.2) is 83.7 Å². The lowest BCUT2D eigenvalue weighted by Gasteiger charge is -2.33. The predicted octanol–water partition coefficient (Wildman–Crippen LogP) is 4.03. The van der Waals surface area contributed by atoms with Crippen molar-refractivity contribution in [3.8, 4) is 5.75 Å². The fraction of sp³-hybridized carbons (Fsp3) is 0.375. The van der Waals surface area contributed by atoms with Crippen molar-refractivity contribution in [2.24, 2.45) is 4.99 Å². The van der Waals surface area contributed by atoms with E-state index < -0.39 is 17.8 Å². The van der Waals surface area contributed by atoms with Crippen LogP contribution in [0.2, 0.25) is 0 Å². The van der Waals surface area contributed by atoms with E-state index in [1.54, 1.807) is 24.3 Å². The Balaban J connectivity index is 1.16. The fourth-order valence-corrected chi connectivity index (χ4v) is 6.02. The van der Waals surface area contributed by atoms with E-state index in [-0.39, 0.29) is 49.0 Å². The molecule has 6 rings (SSSR count). The Bertz CT molecular complexity index is 1570. The molecular formula is C32H31F3N4O5. The van der Waals surface area contributed by atoms with Crippen molar-refractivity contribution < 1.29 is 37.4 Å². The van der Waals surface area contributed by atoms with Gasteiger partial charge in [-0.1, -0.05) is 12.1 Å². The van der Waals surface area contributed by atoms with E-state index in [4.69, 9.17) is 4.74 Å². The largest absolute Gasteiger partial charge is 0.491 e. The number of nitrogens with zero attached hydrogens (tertiary/aromatic N) is 3. The number of hydrogen-bond acceptors (Lipinski definition) is 8. The first kappa shape index (κ1) is 29.8. The Morgan fingerprint density at radius 3 is 2.55 bits per heavy atom. The Kier molecular flexibility index (Phi) is 7.89. The SMILES string of the molecule is CN1CCC(N2C(=O)c3cc4c(cc3C2=O)NC(=C2C(=O)CC=CC2=NC[C@@H](O)COc2cccc(C(F)(F)F)c2)C4)CC1. The monoisotopic (exact) mass is 608 g/mol. The Morgan fingerprint density at radius 1 is 1.09 bits per heavy atom. The molecule has 1 atom stereocenters. The number of hydrogen-bond donors (Lipinski definition) is 2. The smallest absolute Gasteiger partial charge is 0.416 e. The second-order valence-corrected chi connectivity index (χ2v) is 11.5. The number of alkyl halides is 3. The molecular weight excluding hydrogens is 577 g/mol. The highest BCUT2D eigenvalue weighted by atomic mass is 19.4. The third kappa shape index (κ3) is 5.79. The summed E-state index contributed by atoms with van der Waals surface area (Å²) in [7, 11) is 2.02. The van der Waals surface area contributed by atoms with Crippen molar-refractivity contribution >= 4 is 29.0 Å². The molecule has 2 N–H and O–H groups in total. The molecule has 0 spiro atoms. The average Bonchev–Trinajstić information content (AvgIpc) is 3.51. The molecule has 0 aromatic heterocycles. The number of carbonyl (C=O) groups is 3. The van der Waals surface area contributed by atoms with Crippen molar-refractivity contribution in [1.82, 2.24) is 9.80 Å². The number of nitrogens with one attached hydrogen (secondary N) is 1. The van der Waals surface area contributed by atoms with Gasteiger partial charge >= 0.3 is 6.18 Å². The molecule has 44 heavy (non-hydrogen) atoms. The standard InChI is InChI=1S/C32H31F3N4O5/c1-38-10-8-20(9-11-38)39-30(42)23-12-18-13-27(37-26(18)15-24(23)31(39)43)29-25(6-3-7-28(29)41)36-16-21(40)17-44-22-5-2-4-19(14-22)32(33,34)35/h2-6,12,14-15,20-21,37,40H,7-11,13,16-17H2,1H3/t21-/m1/s1. The summed E-state index contributed by atoms with van der Waals surface area (Å²) in [4.78, 5) is 47.7. The van der Waals surface area contributed by atoms with Gasteiger partial charge in [-0.3, -0.25) is 24.3 Å². The van der Waals surface area contributed by atoms with Crippen LogP contribution in [0.25, 0.3) is 0 Å². The maximum atomic E-state index is 13.3. The normalized spacial score (nSPS) is 22.4. The molecule has 1 fully saturated rings. The lowest BCUT2D eigenvalue weighted by Crippen LogP contribution is -2.46. The number of benzene rings is 2. The molecule has 2 aromatic carbocycles. The highest BCUT2D eigenvalue weighted by molar-refractivity contribution is 6.29. The van der Waals surface area contributed by atoms with Crippen LogP contribution in [0.4, 0.5) is 18.9 Å². The molecule has 0 unspecified atom stereocenters. The first-order valence-corrected chi connectivity index (χ1v) is 14.5. The fourth-order valence-electron chi connectivity index (χ4n) is 6.02. The zero-order valence-corrected chi connectivity index (χ0v) is 24.0. The number of aliphatic imine (C=N–C) groups is 1. The molecule has 3 heterocycles.